The molecule has 0 radical (unpaired) electrons. The van der Waals surface area contributed by atoms with Crippen molar-refractivity contribution in [2.75, 3.05) is 6.61 Å². The minimum atomic E-state index is 0.842. The molecule has 0 saturated carbocycles. The van der Waals surface area contributed by atoms with Gasteiger partial charge in [-0.05, 0) is 53.6 Å². The van der Waals surface area contributed by atoms with Crippen LogP contribution in [0.2, 0.25) is 0 Å². The zero-order valence-corrected chi connectivity index (χ0v) is 8.06. The Balaban J connectivity index is 2.31. The molecule has 0 aliphatic carbocycles. The molecule has 66 valence electrons. The summed E-state index contributed by atoms with van der Waals surface area (Å²) in [6.45, 7) is 0.842. The maximum atomic E-state index is 5.50. The molecule has 1 aromatic carbocycles. The quantitative estimate of drug-likeness (QED) is 0.497. The summed E-state index contributed by atoms with van der Waals surface area (Å²) in [7, 11) is 0. The lowest BCUT2D eigenvalue weighted by Gasteiger charge is -2.17. The molecule has 13 heavy (non-hydrogen) atoms. The number of terminal acetylenes is 1. The number of aryl methyl sites for hydroxylation is 1. The van der Waals surface area contributed by atoms with Gasteiger partial charge in [0.25, 0.3) is 0 Å². The maximum absolute atomic E-state index is 5.50. The lowest BCUT2D eigenvalue weighted by Crippen LogP contribution is -2.07. The van der Waals surface area contributed by atoms with E-state index in [1.807, 2.05) is 12.1 Å². The van der Waals surface area contributed by atoms with Crippen LogP contribution in [0.15, 0.2) is 23.1 Å². The highest BCUT2D eigenvalue weighted by molar-refractivity contribution is 8.03. The van der Waals surface area contributed by atoms with E-state index in [1.165, 1.54) is 17.3 Å². The van der Waals surface area contributed by atoms with Gasteiger partial charge in [0, 0.05) is 4.90 Å². The van der Waals surface area contributed by atoms with Gasteiger partial charge in [-0.15, -0.1) is 6.42 Å². The predicted molar refractivity (Wildman–Crippen MR) is 54.9 cm³/mol. The normalized spacial score (nSPS) is 14.1. The third-order valence-electron chi connectivity index (χ3n) is 2.06. The molecular weight excluding hydrogens is 180 g/mol. The minimum Gasteiger partial charge on any atom is -0.493 e. The van der Waals surface area contributed by atoms with Crippen molar-refractivity contribution in [3.63, 3.8) is 0 Å². The lowest BCUT2D eigenvalue weighted by molar-refractivity contribution is 0.288. The average molecular weight is 190 g/mol. The van der Waals surface area contributed by atoms with Crippen molar-refractivity contribution in [1.29, 1.82) is 0 Å². The topological polar surface area (TPSA) is 9.23 Å². The van der Waals surface area contributed by atoms with Crippen molar-refractivity contribution in [2.45, 2.75) is 17.7 Å². The van der Waals surface area contributed by atoms with Crippen molar-refractivity contribution in [3.05, 3.63) is 23.8 Å². The predicted octanol–water partition coefficient (Wildman–Crippen LogP) is 2.69. The van der Waals surface area contributed by atoms with Gasteiger partial charge in [-0.2, -0.15) is 0 Å². The summed E-state index contributed by atoms with van der Waals surface area (Å²) < 4.78 is 5.50. The van der Waals surface area contributed by atoms with Gasteiger partial charge < -0.3 is 4.74 Å². The van der Waals surface area contributed by atoms with Crippen molar-refractivity contribution < 1.29 is 4.74 Å². The molecule has 1 heterocycles. The van der Waals surface area contributed by atoms with Gasteiger partial charge in [0.05, 0.1) is 6.61 Å². The van der Waals surface area contributed by atoms with Crippen LogP contribution in [-0.4, -0.2) is 6.61 Å². The Bertz CT molecular complexity index is 352. The molecule has 0 aromatic heterocycles. The van der Waals surface area contributed by atoms with E-state index in [0.717, 1.165) is 30.1 Å². The molecule has 0 unspecified atom stereocenters. The summed E-state index contributed by atoms with van der Waals surface area (Å²) in [5.41, 5.74) is 1.28. The highest BCUT2D eigenvalue weighted by Crippen LogP contribution is 2.29. The third-order valence-corrected chi connectivity index (χ3v) is 2.66. The molecule has 0 saturated heterocycles. The van der Waals surface area contributed by atoms with E-state index in [4.69, 9.17) is 11.2 Å². The SMILES string of the molecule is C#CSc1ccc2c(c1)CCCO2. The fraction of sp³-hybridized carbons (Fsp3) is 0.273. The van der Waals surface area contributed by atoms with Crippen LogP contribution in [0.5, 0.6) is 5.75 Å². The number of hydrogen-bond donors (Lipinski definition) is 0. The van der Waals surface area contributed by atoms with Gasteiger partial charge in [0.15, 0.2) is 0 Å². The van der Waals surface area contributed by atoms with Crippen molar-refractivity contribution in [2.24, 2.45) is 0 Å². The Morgan fingerprint density at radius 3 is 3.23 bits per heavy atom. The Kier molecular flexibility index (Phi) is 2.47. The van der Waals surface area contributed by atoms with Crippen LogP contribution in [-0.2, 0) is 6.42 Å². The molecule has 1 aliphatic rings. The molecule has 0 atom stereocenters. The lowest BCUT2D eigenvalue weighted by atomic mass is 10.1. The number of benzene rings is 1. The van der Waals surface area contributed by atoms with E-state index in [1.54, 1.807) is 0 Å². The van der Waals surface area contributed by atoms with Gasteiger partial charge in [-0.25, -0.2) is 0 Å². The van der Waals surface area contributed by atoms with Gasteiger partial charge in [-0.1, -0.05) is 0 Å². The first-order valence-corrected chi connectivity index (χ1v) is 5.10. The van der Waals surface area contributed by atoms with Crippen LogP contribution in [0, 0.1) is 11.7 Å². The van der Waals surface area contributed by atoms with Crippen LogP contribution in [0.3, 0.4) is 0 Å². The highest BCUT2D eigenvalue weighted by Gasteiger charge is 2.09. The molecule has 1 aliphatic heterocycles. The van der Waals surface area contributed by atoms with Crippen LogP contribution in [0.1, 0.15) is 12.0 Å². The number of fused-ring (bicyclic) bond motifs is 1. The van der Waals surface area contributed by atoms with E-state index < -0.39 is 0 Å². The van der Waals surface area contributed by atoms with Gasteiger partial charge in [-0.3, -0.25) is 0 Å². The van der Waals surface area contributed by atoms with Crippen molar-refractivity contribution >= 4 is 11.8 Å². The van der Waals surface area contributed by atoms with Crippen LogP contribution < -0.4 is 4.74 Å². The fourth-order valence-corrected chi connectivity index (χ4v) is 1.94. The monoisotopic (exact) mass is 190 g/mol. The molecule has 0 spiro atoms. The average Bonchev–Trinajstić information content (AvgIpc) is 2.18. The van der Waals surface area contributed by atoms with Gasteiger partial charge in [0.2, 0.25) is 0 Å². The van der Waals surface area contributed by atoms with E-state index in [0.29, 0.717) is 0 Å². The van der Waals surface area contributed by atoms with Crippen molar-refractivity contribution in [3.8, 4) is 17.4 Å². The Morgan fingerprint density at radius 1 is 1.46 bits per heavy atom. The van der Waals surface area contributed by atoms with E-state index in [2.05, 4.69) is 11.3 Å². The molecule has 2 rings (SSSR count). The van der Waals surface area contributed by atoms with Crippen LogP contribution in [0.25, 0.3) is 0 Å². The number of thioether (sulfide) groups is 1. The molecule has 0 bridgehead atoms. The molecular formula is C11H10OS. The van der Waals surface area contributed by atoms with E-state index >= 15 is 0 Å². The van der Waals surface area contributed by atoms with Crippen LogP contribution >= 0.6 is 11.8 Å². The third kappa shape index (κ3) is 1.81. The Hall–Kier alpha value is -1.07. The molecule has 0 N–H and O–H groups in total. The molecule has 2 heteroatoms. The van der Waals surface area contributed by atoms with Crippen molar-refractivity contribution in [1.82, 2.24) is 0 Å². The second-order valence-corrected chi connectivity index (χ2v) is 3.85. The molecule has 0 fully saturated rings. The minimum absolute atomic E-state index is 0.842. The number of hydrogen-bond acceptors (Lipinski definition) is 2. The van der Waals surface area contributed by atoms with E-state index in [-0.39, 0.29) is 0 Å². The van der Waals surface area contributed by atoms with E-state index in [9.17, 15) is 0 Å². The zero-order valence-electron chi connectivity index (χ0n) is 7.25. The second-order valence-electron chi connectivity index (χ2n) is 2.94. The summed E-state index contributed by atoms with van der Waals surface area (Å²) in [4.78, 5) is 1.13. The van der Waals surface area contributed by atoms with Crippen LogP contribution in [0.4, 0.5) is 0 Å². The summed E-state index contributed by atoms with van der Waals surface area (Å²) in [5.74, 6) is 1.02. The Morgan fingerprint density at radius 2 is 2.38 bits per heavy atom. The highest BCUT2D eigenvalue weighted by atomic mass is 32.2. The molecule has 1 nitrogen and oxygen atoms in total. The van der Waals surface area contributed by atoms with Gasteiger partial charge >= 0.3 is 0 Å². The first-order chi connectivity index (χ1) is 6.40. The standard InChI is InChI=1S/C11H10OS/c1-2-13-10-5-6-11-9(8-10)4-3-7-12-11/h1,5-6,8H,3-4,7H2. The number of ether oxygens (including phenoxy) is 1. The van der Waals surface area contributed by atoms with Gasteiger partial charge in [0.1, 0.15) is 5.75 Å². The second kappa shape index (κ2) is 3.76. The molecule has 1 aromatic rings. The summed E-state index contributed by atoms with van der Waals surface area (Å²) in [6, 6.07) is 6.14. The fourth-order valence-electron chi connectivity index (χ4n) is 1.47. The zero-order chi connectivity index (χ0) is 9.10. The maximum Gasteiger partial charge on any atom is 0.122 e. The Labute approximate surface area is 82.5 Å². The smallest absolute Gasteiger partial charge is 0.122 e. The molecule has 0 amide bonds. The summed E-state index contributed by atoms with van der Waals surface area (Å²) in [6.07, 6.45) is 7.43. The number of rotatable bonds is 1. The summed E-state index contributed by atoms with van der Waals surface area (Å²) >= 11 is 1.42. The largest absolute Gasteiger partial charge is 0.493 e. The summed E-state index contributed by atoms with van der Waals surface area (Å²) in [5, 5.41) is 2.57. The first kappa shape index (κ1) is 8.52. The first-order valence-electron chi connectivity index (χ1n) is 4.28.